The zero-order valence-electron chi connectivity index (χ0n) is 20.5. The maximum atomic E-state index is 2.76. The summed E-state index contributed by atoms with van der Waals surface area (Å²) >= 11 is 0. The van der Waals surface area contributed by atoms with E-state index in [0.29, 0.717) is 23.9 Å². The van der Waals surface area contributed by atoms with E-state index in [-0.39, 0.29) is 0 Å². The number of benzene rings is 2. The molecule has 0 aliphatic carbocycles. The Bertz CT molecular complexity index is 1060. The highest BCUT2D eigenvalue weighted by molar-refractivity contribution is 5.81. The van der Waals surface area contributed by atoms with Gasteiger partial charge in [0.2, 0.25) is 0 Å². The van der Waals surface area contributed by atoms with E-state index >= 15 is 0 Å². The van der Waals surface area contributed by atoms with Gasteiger partial charge < -0.3 is 19.6 Å². The van der Waals surface area contributed by atoms with Crippen molar-refractivity contribution in [3.63, 3.8) is 0 Å². The first-order chi connectivity index (χ1) is 16.7. The molecule has 0 radical (unpaired) electrons. The van der Waals surface area contributed by atoms with Gasteiger partial charge in [-0.05, 0) is 36.1 Å². The number of likely N-dealkylation sites (N-methyl/N-ethyl adjacent to an activating group) is 2. The van der Waals surface area contributed by atoms with Crippen LogP contribution in [0.25, 0.3) is 0 Å². The molecule has 0 bridgehead atoms. The van der Waals surface area contributed by atoms with Crippen LogP contribution in [0.2, 0.25) is 0 Å². The van der Waals surface area contributed by atoms with E-state index in [1.54, 1.807) is 22.5 Å². The van der Waals surface area contributed by atoms with Crippen LogP contribution in [-0.4, -0.2) is 88.6 Å². The number of hydrazine groups is 1. The predicted molar refractivity (Wildman–Crippen MR) is 140 cm³/mol. The number of hydrogen-bond acceptors (Lipinski definition) is 6. The molecule has 0 N–H and O–H groups in total. The van der Waals surface area contributed by atoms with Crippen LogP contribution in [0.15, 0.2) is 36.4 Å². The van der Waals surface area contributed by atoms with E-state index in [4.69, 9.17) is 0 Å². The van der Waals surface area contributed by atoms with Crippen molar-refractivity contribution in [1.29, 1.82) is 0 Å². The first-order valence-corrected chi connectivity index (χ1v) is 13.4. The lowest BCUT2D eigenvalue weighted by molar-refractivity contribution is -0.0671. The Morgan fingerprint density at radius 1 is 0.588 bits per heavy atom. The molecule has 0 unspecified atom stereocenters. The number of piperidine rings is 2. The molecule has 4 atom stereocenters. The molecule has 2 aromatic rings. The monoisotopic (exact) mass is 456 g/mol. The van der Waals surface area contributed by atoms with Crippen LogP contribution in [-0.2, 0) is 0 Å². The summed E-state index contributed by atoms with van der Waals surface area (Å²) in [6.45, 7) is 9.41. The largest absolute Gasteiger partial charge is 0.371 e. The Balaban J connectivity index is 1.07. The summed E-state index contributed by atoms with van der Waals surface area (Å²) in [6.07, 6.45) is 2.56. The van der Waals surface area contributed by atoms with Gasteiger partial charge in [0.25, 0.3) is 0 Å². The molecule has 0 aromatic heterocycles. The van der Waals surface area contributed by atoms with E-state index < -0.39 is 0 Å². The average molecular weight is 457 g/mol. The van der Waals surface area contributed by atoms with Crippen LogP contribution in [0.4, 0.5) is 22.7 Å². The van der Waals surface area contributed by atoms with Gasteiger partial charge in [0, 0.05) is 90.4 Å². The fourth-order valence-corrected chi connectivity index (χ4v) is 8.30. The molecule has 2 saturated heterocycles. The summed E-state index contributed by atoms with van der Waals surface area (Å²) in [5.74, 6) is 1.28. The second-order valence-electron chi connectivity index (χ2n) is 11.4. The third-order valence-corrected chi connectivity index (χ3v) is 9.95. The van der Waals surface area contributed by atoms with Gasteiger partial charge in [-0.1, -0.05) is 24.3 Å². The summed E-state index contributed by atoms with van der Waals surface area (Å²) in [7, 11) is 4.52. The van der Waals surface area contributed by atoms with Crippen molar-refractivity contribution >= 4 is 22.7 Å². The molecule has 6 heterocycles. The maximum absolute atomic E-state index is 2.76. The molecule has 0 amide bonds. The molecule has 6 heteroatoms. The molecule has 6 aliphatic heterocycles. The van der Waals surface area contributed by atoms with Crippen molar-refractivity contribution in [2.75, 3.05) is 86.1 Å². The highest BCUT2D eigenvalue weighted by atomic mass is 15.6. The summed E-state index contributed by atoms with van der Waals surface area (Å²) in [5, 5.41) is 5.49. The van der Waals surface area contributed by atoms with E-state index in [2.05, 4.69) is 80.1 Å². The topological polar surface area (TPSA) is 19.4 Å². The molecule has 178 valence electrons. The number of hydrogen-bond donors (Lipinski definition) is 0. The van der Waals surface area contributed by atoms with Gasteiger partial charge in [-0.15, -0.1) is 0 Å². The van der Waals surface area contributed by atoms with Gasteiger partial charge in [-0.2, -0.15) is 0 Å². The smallest absolute Gasteiger partial charge is 0.0644 e. The van der Waals surface area contributed by atoms with Crippen molar-refractivity contribution in [3.8, 4) is 0 Å². The Labute approximate surface area is 203 Å². The molecule has 2 aromatic carbocycles. The van der Waals surface area contributed by atoms with Crippen LogP contribution in [0.5, 0.6) is 0 Å². The van der Waals surface area contributed by atoms with Crippen molar-refractivity contribution < 1.29 is 0 Å². The van der Waals surface area contributed by atoms with Gasteiger partial charge >= 0.3 is 0 Å². The Kier molecular flexibility index (Phi) is 4.11. The fraction of sp³-hybridized carbons (Fsp3) is 0.571. The standard InChI is InChI=1S/C28H36N6/c1-29-13-15-33-23-9-11-31(17-21(23)19-5-3-7-25(29)27(19)33)32-12-10-24-22(18-32)20-6-4-8-26-28(20)34(24)16-14-30(26)2/h3-8,21-24H,9-18H2,1-2H3/t21-,22+,23-,24+. The van der Waals surface area contributed by atoms with Gasteiger partial charge in [-0.3, -0.25) is 0 Å². The lowest BCUT2D eigenvalue weighted by Crippen LogP contribution is -2.58. The summed E-state index contributed by atoms with van der Waals surface area (Å²) in [5.41, 5.74) is 9.18. The molecule has 6 aliphatic rings. The number of para-hydroxylation sites is 2. The molecular formula is C28H36N6. The number of fused-ring (bicyclic) bond motifs is 6. The first-order valence-electron chi connectivity index (χ1n) is 13.4. The average Bonchev–Trinajstić information content (AvgIpc) is 3.37. The minimum atomic E-state index is 0.641. The quantitative estimate of drug-likeness (QED) is 0.652. The lowest BCUT2D eigenvalue weighted by atomic mass is 9.88. The highest BCUT2D eigenvalue weighted by Crippen LogP contribution is 2.52. The Morgan fingerprint density at radius 3 is 1.53 bits per heavy atom. The number of rotatable bonds is 1. The first kappa shape index (κ1) is 19.8. The second-order valence-corrected chi connectivity index (χ2v) is 11.4. The van der Waals surface area contributed by atoms with Crippen LogP contribution in [0.1, 0.15) is 35.8 Å². The summed E-state index contributed by atoms with van der Waals surface area (Å²) in [6, 6.07) is 15.5. The SMILES string of the molecule is CN1CCN2c3c(cccc31)[C@H]1CN(N3CC[C@H]4[C@@H](C3)c3cccc5c3N4CCN5C)CC[C@H]12. The molecule has 0 spiro atoms. The Hall–Kier alpha value is -2.44. The van der Waals surface area contributed by atoms with E-state index in [0.717, 1.165) is 13.1 Å². The molecule has 34 heavy (non-hydrogen) atoms. The summed E-state index contributed by atoms with van der Waals surface area (Å²) < 4.78 is 0. The molecule has 8 rings (SSSR count). The van der Waals surface area contributed by atoms with Crippen molar-refractivity contribution in [3.05, 3.63) is 47.5 Å². The maximum Gasteiger partial charge on any atom is 0.0644 e. The number of nitrogens with zero attached hydrogens (tertiary/aromatic N) is 6. The number of anilines is 4. The van der Waals surface area contributed by atoms with Crippen molar-refractivity contribution in [2.24, 2.45) is 0 Å². The van der Waals surface area contributed by atoms with E-state index in [9.17, 15) is 0 Å². The predicted octanol–water partition coefficient (Wildman–Crippen LogP) is 3.16. The minimum Gasteiger partial charge on any atom is -0.371 e. The van der Waals surface area contributed by atoms with Crippen molar-refractivity contribution in [1.82, 2.24) is 10.0 Å². The van der Waals surface area contributed by atoms with Crippen LogP contribution >= 0.6 is 0 Å². The van der Waals surface area contributed by atoms with Gasteiger partial charge in [0.1, 0.15) is 0 Å². The second kappa shape index (κ2) is 7.05. The fourth-order valence-electron chi connectivity index (χ4n) is 8.30. The lowest BCUT2D eigenvalue weighted by Gasteiger charge is -2.48. The van der Waals surface area contributed by atoms with E-state index in [1.165, 1.54) is 63.5 Å². The molecular weight excluding hydrogens is 420 g/mol. The third kappa shape index (κ3) is 2.53. The molecule has 2 fully saturated rings. The highest BCUT2D eigenvalue weighted by Gasteiger charge is 2.48. The van der Waals surface area contributed by atoms with Gasteiger partial charge in [-0.25, -0.2) is 10.0 Å². The van der Waals surface area contributed by atoms with Gasteiger partial charge in [0.05, 0.1) is 22.7 Å². The minimum absolute atomic E-state index is 0.641. The zero-order chi connectivity index (χ0) is 22.6. The van der Waals surface area contributed by atoms with Crippen LogP contribution in [0, 0.1) is 0 Å². The Morgan fingerprint density at radius 2 is 1.06 bits per heavy atom. The van der Waals surface area contributed by atoms with Gasteiger partial charge in [0.15, 0.2) is 0 Å². The molecule has 0 saturated carbocycles. The molecule has 6 nitrogen and oxygen atoms in total. The summed E-state index contributed by atoms with van der Waals surface area (Å²) in [4.78, 5) is 10.4. The normalized spacial score (nSPS) is 31.9. The van der Waals surface area contributed by atoms with Crippen molar-refractivity contribution in [2.45, 2.75) is 36.8 Å². The van der Waals surface area contributed by atoms with Crippen LogP contribution < -0.4 is 19.6 Å². The third-order valence-electron chi connectivity index (χ3n) is 9.95. The zero-order valence-corrected chi connectivity index (χ0v) is 20.5. The van der Waals surface area contributed by atoms with Crippen LogP contribution in [0.3, 0.4) is 0 Å². The van der Waals surface area contributed by atoms with E-state index in [1.807, 2.05) is 0 Å².